The quantitative estimate of drug-likeness (QED) is 0.560. The van der Waals surface area contributed by atoms with Crippen LogP contribution in [-0.4, -0.2) is 57.9 Å². The molecule has 6 nitrogen and oxygen atoms in total. The van der Waals surface area contributed by atoms with Crippen molar-refractivity contribution in [2.75, 3.05) is 25.5 Å². The van der Waals surface area contributed by atoms with E-state index >= 15 is 0 Å². The molecule has 2 aromatic rings. The standard InChI is InChI=1S/C27H37ClFN5O/c1-5-7-20(6-2)31-27-30-14-19-12-17(3)34(16-25(19)32-27)26(35)21-10-11-33(4)15-22(21)18-8-9-23(28)24(29)13-18/h8-9,13-14,17,20-22H,5-7,10-12,15-16H2,1-4H3,(H,30,31,32)/t17-,20?,21-,22+/m1/s1. The molecule has 1 fully saturated rings. The molecule has 0 aliphatic carbocycles. The van der Waals surface area contributed by atoms with Gasteiger partial charge in [0.25, 0.3) is 0 Å². The van der Waals surface area contributed by atoms with Gasteiger partial charge in [-0.2, -0.15) is 0 Å². The van der Waals surface area contributed by atoms with Crippen molar-refractivity contribution in [3.05, 3.63) is 52.1 Å². The van der Waals surface area contributed by atoms with E-state index in [2.05, 4.69) is 36.0 Å². The Kier molecular flexibility index (Phi) is 8.27. The van der Waals surface area contributed by atoms with Gasteiger partial charge in [-0.3, -0.25) is 4.79 Å². The average Bonchev–Trinajstić information content (AvgIpc) is 2.84. The Labute approximate surface area is 213 Å². The number of hydrogen-bond acceptors (Lipinski definition) is 5. The summed E-state index contributed by atoms with van der Waals surface area (Å²) in [5, 5.41) is 3.57. The molecule has 4 rings (SSSR count). The minimum atomic E-state index is -0.436. The van der Waals surface area contributed by atoms with Crippen molar-refractivity contribution in [3.8, 4) is 0 Å². The zero-order chi connectivity index (χ0) is 25.1. The Hall–Kier alpha value is -2.25. The second kappa shape index (κ2) is 11.2. The fourth-order valence-corrected chi connectivity index (χ4v) is 5.59. The smallest absolute Gasteiger partial charge is 0.227 e. The lowest BCUT2D eigenvalue weighted by Crippen LogP contribution is -2.50. The van der Waals surface area contributed by atoms with Crippen LogP contribution in [0.25, 0.3) is 0 Å². The number of halogens is 2. The highest BCUT2D eigenvalue weighted by atomic mass is 35.5. The maximum absolute atomic E-state index is 14.3. The molecule has 0 bridgehead atoms. The zero-order valence-corrected chi connectivity index (χ0v) is 22.0. The largest absolute Gasteiger partial charge is 0.351 e. The summed E-state index contributed by atoms with van der Waals surface area (Å²) in [6.07, 6.45) is 6.58. The highest BCUT2D eigenvalue weighted by Gasteiger charge is 2.39. The van der Waals surface area contributed by atoms with E-state index in [1.807, 2.05) is 24.2 Å². The number of benzene rings is 1. The van der Waals surface area contributed by atoms with E-state index < -0.39 is 5.82 Å². The number of nitrogens with one attached hydrogen (secondary N) is 1. The first-order chi connectivity index (χ1) is 16.8. The van der Waals surface area contributed by atoms with Crippen LogP contribution in [0, 0.1) is 11.7 Å². The molecule has 0 radical (unpaired) electrons. The van der Waals surface area contributed by atoms with Crippen molar-refractivity contribution < 1.29 is 9.18 Å². The Morgan fingerprint density at radius 3 is 2.86 bits per heavy atom. The molecule has 3 heterocycles. The van der Waals surface area contributed by atoms with Gasteiger partial charge in [0.1, 0.15) is 5.82 Å². The number of likely N-dealkylation sites (tertiary alicyclic amines) is 1. The Morgan fingerprint density at radius 2 is 2.14 bits per heavy atom. The lowest BCUT2D eigenvalue weighted by molar-refractivity contribution is -0.141. The molecule has 8 heteroatoms. The molecule has 35 heavy (non-hydrogen) atoms. The second-order valence-corrected chi connectivity index (χ2v) is 10.6. The van der Waals surface area contributed by atoms with Gasteiger partial charge in [-0.1, -0.05) is 37.9 Å². The lowest BCUT2D eigenvalue weighted by atomic mass is 9.79. The van der Waals surface area contributed by atoms with Crippen LogP contribution < -0.4 is 5.32 Å². The third-order valence-electron chi connectivity index (χ3n) is 7.57. The van der Waals surface area contributed by atoms with E-state index in [9.17, 15) is 9.18 Å². The van der Waals surface area contributed by atoms with Crippen LogP contribution in [-0.2, 0) is 17.8 Å². The van der Waals surface area contributed by atoms with E-state index in [4.69, 9.17) is 16.6 Å². The molecule has 1 saturated heterocycles. The summed E-state index contributed by atoms with van der Waals surface area (Å²) in [7, 11) is 2.05. The van der Waals surface area contributed by atoms with Crippen molar-refractivity contribution in [2.24, 2.45) is 5.92 Å². The predicted molar refractivity (Wildman–Crippen MR) is 138 cm³/mol. The van der Waals surface area contributed by atoms with Gasteiger partial charge in [0.05, 0.1) is 17.3 Å². The fraction of sp³-hybridized carbons (Fsp3) is 0.593. The third-order valence-corrected chi connectivity index (χ3v) is 7.88. The van der Waals surface area contributed by atoms with Crippen molar-refractivity contribution >= 4 is 23.5 Å². The zero-order valence-electron chi connectivity index (χ0n) is 21.2. The van der Waals surface area contributed by atoms with Crippen molar-refractivity contribution in [3.63, 3.8) is 0 Å². The van der Waals surface area contributed by atoms with Gasteiger partial charge in [-0.25, -0.2) is 14.4 Å². The number of anilines is 1. The predicted octanol–water partition coefficient (Wildman–Crippen LogP) is 5.27. The maximum Gasteiger partial charge on any atom is 0.227 e. The molecule has 1 unspecified atom stereocenters. The molecule has 1 aromatic heterocycles. The van der Waals surface area contributed by atoms with Gasteiger partial charge >= 0.3 is 0 Å². The molecular weight excluding hydrogens is 465 g/mol. The number of nitrogens with zero attached hydrogens (tertiary/aromatic N) is 4. The van der Waals surface area contributed by atoms with Crippen LogP contribution in [0.1, 0.15) is 69.2 Å². The summed E-state index contributed by atoms with van der Waals surface area (Å²) in [4.78, 5) is 27.5. The first-order valence-corrected chi connectivity index (χ1v) is 13.2. The van der Waals surface area contributed by atoms with E-state index in [-0.39, 0.29) is 28.8 Å². The first kappa shape index (κ1) is 25.8. The summed E-state index contributed by atoms with van der Waals surface area (Å²) >= 11 is 5.93. The fourth-order valence-electron chi connectivity index (χ4n) is 5.47. The van der Waals surface area contributed by atoms with E-state index in [0.717, 1.165) is 55.5 Å². The monoisotopic (exact) mass is 501 g/mol. The normalized spacial score (nSPS) is 23.6. The van der Waals surface area contributed by atoms with Gasteiger partial charge in [0.2, 0.25) is 11.9 Å². The minimum Gasteiger partial charge on any atom is -0.351 e. The average molecular weight is 502 g/mol. The first-order valence-electron chi connectivity index (χ1n) is 12.9. The van der Waals surface area contributed by atoms with Crippen molar-refractivity contribution in [1.29, 1.82) is 0 Å². The molecule has 2 aliphatic heterocycles. The molecule has 0 saturated carbocycles. The topological polar surface area (TPSA) is 61.4 Å². The van der Waals surface area contributed by atoms with E-state index in [1.54, 1.807) is 6.07 Å². The summed E-state index contributed by atoms with van der Waals surface area (Å²) in [5.41, 5.74) is 2.86. The number of hydrogen-bond donors (Lipinski definition) is 1. The summed E-state index contributed by atoms with van der Waals surface area (Å²) in [6, 6.07) is 5.35. The molecule has 2 aliphatic rings. The van der Waals surface area contributed by atoms with Gasteiger partial charge in [0.15, 0.2) is 0 Å². The van der Waals surface area contributed by atoms with E-state index in [0.29, 0.717) is 25.1 Å². The van der Waals surface area contributed by atoms with Gasteiger partial charge in [-0.15, -0.1) is 0 Å². The molecule has 4 atom stereocenters. The lowest BCUT2D eigenvalue weighted by Gasteiger charge is -2.42. The van der Waals surface area contributed by atoms with Crippen LogP contribution in [0.2, 0.25) is 5.02 Å². The molecule has 1 amide bonds. The number of likely N-dealkylation sites (N-methyl/N-ethyl adjacent to an activating group) is 1. The minimum absolute atomic E-state index is 0.0585. The summed E-state index contributed by atoms with van der Waals surface area (Å²) < 4.78 is 14.3. The number of amides is 1. The van der Waals surface area contributed by atoms with Crippen molar-refractivity contribution in [1.82, 2.24) is 19.8 Å². The summed E-state index contributed by atoms with van der Waals surface area (Å²) in [6.45, 7) is 8.46. The van der Waals surface area contributed by atoms with Crippen LogP contribution >= 0.6 is 11.6 Å². The number of carbonyl (C=O) groups is 1. The second-order valence-electron chi connectivity index (χ2n) is 10.2. The number of aromatic nitrogens is 2. The molecule has 1 N–H and O–H groups in total. The van der Waals surface area contributed by atoms with Crippen LogP contribution in [0.5, 0.6) is 0 Å². The molecule has 0 spiro atoms. The highest BCUT2D eigenvalue weighted by molar-refractivity contribution is 6.30. The van der Waals surface area contributed by atoms with E-state index in [1.165, 1.54) is 6.07 Å². The van der Waals surface area contributed by atoms with Gasteiger partial charge < -0.3 is 15.1 Å². The molecular formula is C27H37ClFN5O. The number of carbonyl (C=O) groups excluding carboxylic acids is 1. The highest BCUT2D eigenvalue weighted by Crippen LogP contribution is 2.36. The third kappa shape index (κ3) is 5.78. The van der Waals surface area contributed by atoms with Crippen LogP contribution in [0.3, 0.4) is 0 Å². The van der Waals surface area contributed by atoms with Crippen molar-refractivity contribution in [2.45, 2.75) is 77.4 Å². The molecule has 190 valence electrons. The maximum atomic E-state index is 14.3. The van der Waals surface area contributed by atoms with Gasteiger partial charge in [-0.05, 0) is 69.5 Å². The van der Waals surface area contributed by atoms with Crippen LogP contribution in [0.4, 0.5) is 10.3 Å². The number of piperidine rings is 1. The Morgan fingerprint density at radius 1 is 1.34 bits per heavy atom. The molecule has 1 aromatic carbocycles. The van der Waals surface area contributed by atoms with Gasteiger partial charge in [0, 0.05) is 36.7 Å². The number of fused-ring (bicyclic) bond motifs is 1. The Bertz CT molecular complexity index is 1050. The summed E-state index contributed by atoms with van der Waals surface area (Å²) in [5.74, 6) is 0.0452. The Balaban J connectivity index is 1.56. The number of rotatable bonds is 7. The SMILES string of the molecule is CCCC(CC)Nc1ncc2c(n1)CN(C(=O)[C@@H]1CCN(C)C[C@H]1c1ccc(Cl)c(F)c1)[C@H](C)C2. The van der Waals surface area contributed by atoms with Crippen LogP contribution in [0.15, 0.2) is 24.4 Å².